The molecule has 6 nitrogen and oxygen atoms in total. The second-order valence-corrected chi connectivity index (χ2v) is 5.44. The molecular formula is C13H16N6S. The lowest BCUT2D eigenvalue weighted by Gasteiger charge is -2.09. The number of imidazole rings is 1. The maximum absolute atomic E-state index is 4.55. The summed E-state index contributed by atoms with van der Waals surface area (Å²) in [5.74, 6) is 1.59. The summed E-state index contributed by atoms with van der Waals surface area (Å²) in [7, 11) is 0. The van der Waals surface area contributed by atoms with Crippen LogP contribution in [-0.2, 0) is 6.54 Å². The monoisotopic (exact) mass is 288 g/mol. The van der Waals surface area contributed by atoms with E-state index in [0.29, 0.717) is 6.54 Å². The molecule has 0 amide bonds. The Balaban J connectivity index is 1.87. The number of hydrogen-bond donors (Lipinski definition) is 2. The molecule has 3 aromatic rings. The van der Waals surface area contributed by atoms with Crippen LogP contribution in [0.15, 0.2) is 24.0 Å². The van der Waals surface area contributed by atoms with Crippen LogP contribution in [0.5, 0.6) is 0 Å². The molecule has 0 aliphatic heterocycles. The van der Waals surface area contributed by atoms with Crippen LogP contribution in [0.1, 0.15) is 17.6 Å². The van der Waals surface area contributed by atoms with Crippen LogP contribution in [-0.4, -0.2) is 25.9 Å². The van der Waals surface area contributed by atoms with E-state index in [1.54, 1.807) is 17.5 Å². The van der Waals surface area contributed by atoms with Gasteiger partial charge in [0.25, 0.3) is 0 Å². The molecule has 2 N–H and O–H groups in total. The van der Waals surface area contributed by atoms with E-state index in [9.17, 15) is 0 Å². The Labute approximate surface area is 120 Å². The normalized spacial score (nSPS) is 10.9. The summed E-state index contributed by atoms with van der Waals surface area (Å²) in [5, 5.41) is 9.66. The summed E-state index contributed by atoms with van der Waals surface area (Å²) in [6.45, 7) is 5.53. The maximum Gasteiger partial charge on any atom is 0.180 e. The van der Waals surface area contributed by atoms with E-state index in [2.05, 4.69) is 31.0 Å². The van der Waals surface area contributed by atoms with Gasteiger partial charge in [-0.15, -0.1) is 11.3 Å². The molecule has 0 aromatic carbocycles. The molecule has 0 saturated heterocycles. The number of rotatable bonds is 5. The summed E-state index contributed by atoms with van der Waals surface area (Å²) in [5.41, 5.74) is 1.84. The molecule has 0 saturated carbocycles. The molecular weight excluding hydrogens is 272 g/mol. The lowest BCUT2D eigenvalue weighted by molar-refractivity contribution is 1.02. The molecule has 104 valence electrons. The number of fused-ring (bicyclic) bond motifs is 1. The van der Waals surface area contributed by atoms with Crippen molar-refractivity contribution in [1.29, 1.82) is 0 Å². The van der Waals surface area contributed by atoms with Crippen molar-refractivity contribution in [1.82, 2.24) is 19.4 Å². The minimum Gasteiger partial charge on any atom is -0.369 e. The fourth-order valence-corrected chi connectivity index (χ4v) is 2.59. The zero-order valence-corrected chi connectivity index (χ0v) is 12.2. The molecule has 7 heteroatoms. The van der Waals surface area contributed by atoms with E-state index in [1.807, 2.05) is 30.6 Å². The van der Waals surface area contributed by atoms with Gasteiger partial charge in [0.15, 0.2) is 11.5 Å². The van der Waals surface area contributed by atoms with Crippen molar-refractivity contribution in [2.45, 2.75) is 20.4 Å². The van der Waals surface area contributed by atoms with Crippen LogP contribution in [0.3, 0.4) is 0 Å². The van der Waals surface area contributed by atoms with Crippen LogP contribution in [0.25, 0.3) is 5.65 Å². The van der Waals surface area contributed by atoms with Gasteiger partial charge in [-0.1, -0.05) is 0 Å². The predicted octanol–water partition coefficient (Wildman–Crippen LogP) is 2.54. The second kappa shape index (κ2) is 5.46. The summed E-state index contributed by atoms with van der Waals surface area (Å²) in [6.07, 6.45) is 5.62. The first-order valence-corrected chi connectivity index (χ1v) is 7.36. The Morgan fingerprint density at radius 3 is 2.95 bits per heavy atom. The minimum absolute atomic E-state index is 0.648. The summed E-state index contributed by atoms with van der Waals surface area (Å²) >= 11 is 1.65. The number of anilines is 2. The van der Waals surface area contributed by atoms with Gasteiger partial charge in [0.1, 0.15) is 5.82 Å². The Morgan fingerprint density at radius 1 is 1.30 bits per heavy atom. The predicted molar refractivity (Wildman–Crippen MR) is 81.3 cm³/mol. The van der Waals surface area contributed by atoms with Gasteiger partial charge in [0.2, 0.25) is 0 Å². The standard InChI is InChI=1S/C13H16N6S/c1-3-14-11-7-19-5-4-15-13(19)12(18-11)16-6-10-8-20-9(2)17-10/h4-5,7-8,14H,3,6H2,1-2H3,(H,16,18). The molecule has 0 unspecified atom stereocenters. The second-order valence-electron chi connectivity index (χ2n) is 4.37. The molecule has 0 aliphatic rings. The molecule has 0 spiro atoms. The Kier molecular flexibility index (Phi) is 3.51. The number of aromatic nitrogens is 4. The number of thiazole rings is 1. The van der Waals surface area contributed by atoms with E-state index in [4.69, 9.17) is 0 Å². The first-order chi connectivity index (χ1) is 9.76. The summed E-state index contributed by atoms with van der Waals surface area (Å²) in [6, 6.07) is 0. The van der Waals surface area contributed by atoms with E-state index in [-0.39, 0.29) is 0 Å². The third-order valence-electron chi connectivity index (χ3n) is 2.84. The summed E-state index contributed by atoms with van der Waals surface area (Å²) < 4.78 is 1.96. The molecule has 20 heavy (non-hydrogen) atoms. The maximum atomic E-state index is 4.55. The fraction of sp³-hybridized carbons (Fsp3) is 0.308. The molecule has 0 fully saturated rings. The van der Waals surface area contributed by atoms with Gasteiger partial charge in [-0.2, -0.15) is 0 Å². The SMILES string of the molecule is CCNc1cn2ccnc2c(NCc2csc(C)n2)n1. The molecule has 0 aliphatic carbocycles. The van der Waals surface area contributed by atoms with Crippen molar-refractivity contribution in [3.63, 3.8) is 0 Å². The van der Waals surface area contributed by atoms with Gasteiger partial charge in [0.05, 0.1) is 23.4 Å². The Hall–Kier alpha value is -2.15. The van der Waals surface area contributed by atoms with Crippen molar-refractivity contribution in [2.24, 2.45) is 0 Å². The molecule has 3 aromatic heterocycles. The average molecular weight is 288 g/mol. The van der Waals surface area contributed by atoms with Gasteiger partial charge >= 0.3 is 0 Å². The van der Waals surface area contributed by atoms with E-state index >= 15 is 0 Å². The highest BCUT2D eigenvalue weighted by molar-refractivity contribution is 7.09. The molecule has 3 heterocycles. The highest BCUT2D eigenvalue weighted by Gasteiger charge is 2.07. The first kappa shape index (κ1) is 12.9. The van der Waals surface area contributed by atoms with Crippen LogP contribution >= 0.6 is 11.3 Å². The van der Waals surface area contributed by atoms with Gasteiger partial charge in [-0.3, -0.25) is 0 Å². The van der Waals surface area contributed by atoms with Crippen molar-refractivity contribution >= 4 is 28.6 Å². The van der Waals surface area contributed by atoms with Crippen molar-refractivity contribution in [3.8, 4) is 0 Å². The molecule has 3 rings (SSSR count). The zero-order chi connectivity index (χ0) is 13.9. The smallest absolute Gasteiger partial charge is 0.180 e. The quantitative estimate of drug-likeness (QED) is 0.755. The van der Waals surface area contributed by atoms with E-state index in [1.165, 1.54) is 0 Å². The van der Waals surface area contributed by atoms with Crippen LogP contribution < -0.4 is 10.6 Å². The van der Waals surface area contributed by atoms with E-state index < -0.39 is 0 Å². The van der Waals surface area contributed by atoms with Crippen molar-refractivity contribution in [2.75, 3.05) is 17.2 Å². The van der Waals surface area contributed by atoms with Crippen LogP contribution in [0.4, 0.5) is 11.6 Å². The zero-order valence-electron chi connectivity index (χ0n) is 11.4. The summed E-state index contributed by atoms with van der Waals surface area (Å²) in [4.78, 5) is 13.3. The fourth-order valence-electron chi connectivity index (χ4n) is 1.98. The number of nitrogens with one attached hydrogen (secondary N) is 2. The van der Waals surface area contributed by atoms with Gasteiger partial charge in [-0.05, 0) is 13.8 Å². The number of nitrogens with zero attached hydrogens (tertiary/aromatic N) is 4. The average Bonchev–Trinajstić information content (AvgIpc) is 3.05. The lowest BCUT2D eigenvalue weighted by atomic mass is 10.4. The highest BCUT2D eigenvalue weighted by atomic mass is 32.1. The minimum atomic E-state index is 0.648. The Bertz CT molecular complexity index is 717. The number of hydrogen-bond acceptors (Lipinski definition) is 6. The topological polar surface area (TPSA) is 67.1 Å². The van der Waals surface area contributed by atoms with Gasteiger partial charge in [-0.25, -0.2) is 15.0 Å². The van der Waals surface area contributed by atoms with Gasteiger partial charge in [0, 0.05) is 24.3 Å². The lowest BCUT2D eigenvalue weighted by Crippen LogP contribution is -2.07. The molecule has 0 radical (unpaired) electrons. The van der Waals surface area contributed by atoms with Crippen LogP contribution in [0, 0.1) is 6.92 Å². The number of aryl methyl sites for hydroxylation is 1. The third-order valence-corrected chi connectivity index (χ3v) is 3.66. The highest BCUT2D eigenvalue weighted by Crippen LogP contribution is 2.17. The molecule has 0 atom stereocenters. The van der Waals surface area contributed by atoms with E-state index in [0.717, 1.165) is 34.5 Å². The molecule has 0 bridgehead atoms. The van der Waals surface area contributed by atoms with Crippen molar-refractivity contribution < 1.29 is 0 Å². The Morgan fingerprint density at radius 2 is 2.20 bits per heavy atom. The van der Waals surface area contributed by atoms with Crippen LogP contribution in [0.2, 0.25) is 0 Å². The first-order valence-electron chi connectivity index (χ1n) is 6.48. The van der Waals surface area contributed by atoms with Crippen molar-refractivity contribution in [3.05, 3.63) is 34.7 Å². The largest absolute Gasteiger partial charge is 0.369 e. The third kappa shape index (κ3) is 2.57. The van der Waals surface area contributed by atoms with Gasteiger partial charge < -0.3 is 15.0 Å².